The van der Waals surface area contributed by atoms with Crippen molar-refractivity contribution in [2.24, 2.45) is 0 Å². The number of aliphatic hydroxyl groups excluding tert-OH is 1. The van der Waals surface area contributed by atoms with Crippen LogP contribution in [0.3, 0.4) is 0 Å². The first kappa shape index (κ1) is 22.3. The minimum absolute atomic E-state index is 0.135. The summed E-state index contributed by atoms with van der Waals surface area (Å²) in [7, 11) is 0. The first-order chi connectivity index (χ1) is 14.1. The Morgan fingerprint density at radius 3 is 2.67 bits per heavy atom. The number of nitrogens with two attached hydrogens (primary N) is 1. The number of nitrogen functional groups attached to an aromatic ring is 1. The van der Waals surface area contributed by atoms with Gasteiger partial charge in [0.2, 0.25) is 5.95 Å². The molecular formula is C19H24Cl2N6O3. The van der Waals surface area contributed by atoms with Crippen molar-refractivity contribution in [2.45, 2.75) is 32.4 Å². The van der Waals surface area contributed by atoms with Crippen LogP contribution < -0.4 is 10.6 Å². The molecule has 1 amide bonds. The standard InChI is InChI=1S/C19H24Cl2N6O3/c1-19(2,3)30-18(29)26-7-8-27(11(9-26)10-28)17-23-16(22)15(24-25-17)12-5-4-6-13(20)14(12)21/h4-6,11,28H,7-10H2,1-3H3,(H2,22,23,25)/t11-/m0/s1. The van der Waals surface area contributed by atoms with E-state index in [1.54, 1.807) is 48.8 Å². The molecule has 1 saturated heterocycles. The van der Waals surface area contributed by atoms with Crippen molar-refractivity contribution in [1.82, 2.24) is 20.1 Å². The summed E-state index contributed by atoms with van der Waals surface area (Å²) >= 11 is 12.3. The number of rotatable bonds is 3. The van der Waals surface area contributed by atoms with Gasteiger partial charge in [-0.2, -0.15) is 4.98 Å². The van der Waals surface area contributed by atoms with Crippen molar-refractivity contribution in [3.05, 3.63) is 28.2 Å². The Bertz CT molecular complexity index is 937. The summed E-state index contributed by atoms with van der Waals surface area (Å²) in [4.78, 5) is 20.0. The van der Waals surface area contributed by atoms with Crippen molar-refractivity contribution in [2.75, 3.05) is 36.9 Å². The van der Waals surface area contributed by atoms with Gasteiger partial charge in [0.15, 0.2) is 5.82 Å². The number of aromatic nitrogens is 3. The van der Waals surface area contributed by atoms with Gasteiger partial charge in [-0.15, -0.1) is 10.2 Å². The Labute approximate surface area is 184 Å². The minimum atomic E-state index is -0.595. The Kier molecular flexibility index (Phi) is 6.54. The third-order valence-electron chi connectivity index (χ3n) is 4.51. The molecule has 1 aliphatic rings. The first-order valence-electron chi connectivity index (χ1n) is 9.40. The van der Waals surface area contributed by atoms with Crippen molar-refractivity contribution in [3.63, 3.8) is 0 Å². The van der Waals surface area contributed by atoms with Crippen LogP contribution in [-0.2, 0) is 4.74 Å². The topological polar surface area (TPSA) is 118 Å². The fraction of sp³-hybridized carbons (Fsp3) is 0.474. The van der Waals surface area contributed by atoms with E-state index in [0.29, 0.717) is 34.4 Å². The molecule has 1 fully saturated rings. The van der Waals surface area contributed by atoms with E-state index in [9.17, 15) is 9.90 Å². The minimum Gasteiger partial charge on any atom is -0.444 e. The average Bonchev–Trinajstić information content (AvgIpc) is 2.68. The first-order valence-corrected chi connectivity index (χ1v) is 10.2. The summed E-state index contributed by atoms with van der Waals surface area (Å²) in [5.41, 5.74) is 6.37. The summed E-state index contributed by atoms with van der Waals surface area (Å²) < 4.78 is 5.42. The molecule has 0 aliphatic carbocycles. The monoisotopic (exact) mass is 454 g/mol. The summed E-state index contributed by atoms with van der Waals surface area (Å²) in [6.45, 7) is 6.25. The smallest absolute Gasteiger partial charge is 0.410 e. The number of carbonyl (C=O) groups excluding carboxylic acids is 1. The van der Waals surface area contributed by atoms with E-state index in [-0.39, 0.29) is 24.9 Å². The Hall–Kier alpha value is -2.36. The molecule has 1 aromatic heterocycles. The second-order valence-electron chi connectivity index (χ2n) is 7.90. The molecule has 0 radical (unpaired) electrons. The number of benzene rings is 1. The van der Waals surface area contributed by atoms with Crippen molar-refractivity contribution in [3.8, 4) is 11.3 Å². The molecule has 2 aromatic rings. The van der Waals surface area contributed by atoms with Crippen molar-refractivity contribution < 1.29 is 14.6 Å². The van der Waals surface area contributed by atoms with Crippen LogP contribution in [0, 0.1) is 0 Å². The number of halogens is 2. The molecule has 162 valence electrons. The number of ether oxygens (including phenoxy) is 1. The molecule has 0 saturated carbocycles. The van der Waals surface area contributed by atoms with E-state index in [2.05, 4.69) is 15.2 Å². The summed E-state index contributed by atoms with van der Waals surface area (Å²) in [6.07, 6.45) is -0.426. The van der Waals surface area contributed by atoms with Gasteiger partial charge in [-0.1, -0.05) is 35.3 Å². The summed E-state index contributed by atoms with van der Waals surface area (Å²) in [5.74, 6) is 0.396. The van der Waals surface area contributed by atoms with Gasteiger partial charge >= 0.3 is 6.09 Å². The summed E-state index contributed by atoms with van der Waals surface area (Å²) in [5, 5.41) is 18.9. The number of anilines is 2. The Morgan fingerprint density at radius 1 is 1.30 bits per heavy atom. The predicted octanol–water partition coefficient (Wildman–Crippen LogP) is 2.85. The number of hydrogen-bond donors (Lipinski definition) is 2. The molecule has 11 heteroatoms. The number of amides is 1. The third kappa shape index (κ3) is 4.85. The number of aliphatic hydroxyl groups is 1. The van der Waals surface area contributed by atoms with E-state index in [1.807, 2.05) is 0 Å². The maximum atomic E-state index is 12.4. The highest BCUT2D eigenvalue weighted by atomic mass is 35.5. The van der Waals surface area contributed by atoms with Crippen LogP contribution in [0.25, 0.3) is 11.3 Å². The van der Waals surface area contributed by atoms with E-state index in [0.717, 1.165) is 0 Å². The van der Waals surface area contributed by atoms with E-state index >= 15 is 0 Å². The Morgan fingerprint density at radius 2 is 2.03 bits per heavy atom. The zero-order valence-corrected chi connectivity index (χ0v) is 18.5. The van der Waals surface area contributed by atoms with Crippen LogP contribution in [0.1, 0.15) is 20.8 Å². The molecule has 1 atom stereocenters. The molecule has 1 aromatic carbocycles. The molecule has 0 unspecified atom stereocenters. The van der Waals surface area contributed by atoms with Crippen molar-refractivity contribution in [1.29, 1.82) is 0 Å². The molecule has 2 heterocycles. The van der Waals surface area contributed by atoms with Gasteiger partial charge in [0.1, 0.15) is 11.3 Å². The quantitative estimate of drug-likeness (QED) is 0.726. The van der Waals surface area contributed by atoms with E-state index in [4.69, 9.17) is 33.7 Å². The third-order valence-corrected chi connectivity index (χ3v) is 5.33. The molecule has 3 rings (SSSR count). The van der Waals surface area contributed by atoms with E-state index < -0.39 is 17.7 Å². The fourth-order valence-corrected chi connectivity index (χ4v) is 3.49. The average molecular weight is 455 g/mol. The maximum absolute atomic E-state index is 12.4. The molecule has 0 spiro atoms. The van der Waals surface area contributed by atoms with Gasteiger partial charge in [-0.05, 0) is 26.8 Å². The number of nitrogens with zero attached hydrogens (tertiary/aromatic N) is 5. The predicted molar refractivity (Wildman–Crippen MR) is 116 cm³/mol. The van der Waals surface area contributed by atoms with Gasteiger partial charge in [0, 0.05) is 25.2 Å². The summed E-state index contributed by atoms with van der Waals surface area (Å²) in [6, 6.07) is 4.70. The number of piperazine rings is 1. The lowest BCUT2D eigenvalue weighted by Gasteiger charge is -2.40. The van der Waals surface area contributed by atoms with Gasteiger partial charge in [-0.25, -0.2) is 4.79 Å². The largest absolute Gasteiger partial charge is 0.444 e. The molecule has 30 heavy (non-hydrogen) atoms. The van der Waals surface area contributed by atoms with Gasteiger partial charge in [-0.3, -0.25) is 0 Å². The van der Waals surface area contributed by atoms with Crippen LogP contribution in [0.2, 0.25) is 10.0 Å². The number of hydrogen-bond acceptors (Lipinski definition) is 8. The van der Waals surface area contributed by atoms with Crippen molar-refractivity contribution >= 4 is 41.1 Å². The lowest BCUT2D eigenvalue weighted by atomic mass is 10.1. The fourth-order valence-electron chi connectivity index (χ4n) is 3.10. The lowest BCUT2D eigenvalue weighted by Crippen LogP contribution is -2.57. The van der Waals surface area contributed by atoms with Crippen LogP contribution in [0.15, 0.2) is 18.2 Å². The molecule has 9 nitrogen and oxygen atoms in total. The van der Waals surface area contributed by atoms with Crippen LogP contribution in [0.4, 0.5) is 16.6 Å². The second-order valence-corrected chi connectivity index (χ2v) is 8.69. The maximum Gasteiger partial charge on any atom is 0.410 e. The molecule has 0 bridgehead atoms. The van der Waals surface area contributed by atoms with E-state index in [1.165, 1.54) is 0 Å². The van der Waals surface area contributed by atoms with Crippen LogP contribution >= 0.6 is 23.2 Å². The zero-order chi connectivity index (χ0) is 22.1. The van der Waals surface area contributed by atoms with Gasteiger partial charge in [0.05, 0.1) is 22.7 Å². The van der Waals surface area contributed by atoms with Crippen LogP contribution in [0.5, 0.6) is 0 Å². The zero-order valence-electron chi connectivity index (χ0n) is 17.0. The highest BCUT2D eigenvalue weighted by Gasteiger charge is 2.33. The molecule has 3 N–H and O–H groups in total. The van der Waals surface area contributed by atoms with Gasteiger partial charge < -0.3 is 25.4 Å². The lowest BCUT2D eigenvalue weighted by molar-refractivity contribution is 0.0196. The van der Waals surface area contributed by atoms with Crippen LogP contribution in [-0.4, -0.2) is 69.2 Å². The highest BCUT2D eigenvalue weighted by Crippen LogP contribution is 2.34. The van der Waals surface area contributed by atoms with Gasteiger partial charge in [0.25, 0.3) is 0 Å². The normalized spacial score (nSPS) is 17.2. The SMILES string of the molecule is CC(C)(C)OC(=O)N1CCN(c2nnc(-c3cccc(Cl)c3Cl)c(N)n2)[C@H](CO)C1. The molecule has 1 aliphatic heterocycles. The molecular weight excluding hydrogens is 431 g/mol. The Balaban J connectivity index is 1.80. The number of carbonyl (C=O) groups is 1. The second kappa shape index (κ2) is 8.79. The highest BCUT2D eigenvalue weighted by molar-refractivity contribution is 6.43.